The van der Waals surface area contributed by atoms with Crippen LogP contribution in [0.5, 0.6) is 11.5 Å². The summed E-state index contributed by atoms with van der Waals surface area (Å²) in [7, 11) is 1.34. The smallest absolute Gasteiger partial charge is 0.200 e. The van der Waals surface area contributed by atoms with Gasteiger partial charge in [-0.25, -0.2) is 8.78 Å². The monoisotopic (exact) mass is 278 g/mol. The molecule has 2 aromatic rings. The molecule has 0 radical (unpaired) electrons. The zero-order valence-electron chi connectivity index (χ0n) is 10.7. The molecule has 0 aliphatic rings. The molecule has 0 aliphatic carbocycles. The molecular formula is C15H12F2O3. The second-order valence-electron chi connectivity index (χ2n) is 4.02. The molecule has 0 N–H and O–H groups in total. The Bertz CT molecular complexity index is 609. The first-order valence-corrected chi connectivity index (χ1v) is 5.85. The van der Waals surface area contributed by atoms with Gasteiger partial charge in [-0.2, -0.15) is 0 Å². The first-order chi connectivity index (χ1) is 9.60. The van der Waals surface area contributed by atoms with Crippen LogP contribution in [-0.2, 0) is 0 Å². The van der Waals surface area contributed by atoms with Crippen LogP contribution in [0.3, 0.4) is 0 Å². The van der Waals surface area contributed by atoms with Crippen LogP contribution in [0.2, 0.25) is 0 Å². The molecule has 104 valence electrons. The maximum atomic E-state index is 13.5. The standard InChI is InChI=1S/C15H12F2O3/c1-19-15-7-2-10(8-13(15)17)14(18)9-20-12-5-3-11(16)4-6-12/h2-8H,9H2,1H3. The molecule has 0 spiro atoms. The number of rotatable bonds is 5. The molecule has 20 heavy (non-hydrogen) atoms. The van der Waals surface area contributed by atoms with E-state index in [1.165, 1.54) is 43.5 Å². The molecule has 0 fully saturated rings. The summed E-state index contributed by atoms with van der Waals surface area (Å²) in [5.74, 6) is -0.938. The molecule has 0 aromatic heterocycles. The number of benzene rings is 2. The summed E-state index contributed by atoms with van der Waals surface area (Å²) < 4.78 is 36.1. The zero-order valence-corrected chi connectivity index (χ0v) is 10.7. The molecule has 5 heteroatoms. The molecule has 0 amide bonds. The Morgan fingerprint density at radius 3 is 2.40 bits per heavy atom. The van der Waals surface area contributed by atoms with Crippen molar-refractivity contribution in [1.82, 2.24) is 0 Å². The molecule has 0 heterocycles. The molecule has 0 saturated heterocycles. The van der Waals surface area contributed by atoms with Gasteiger partial charge in [0, 0.05) is 5.56 Å². The molecule has 0 unspecified atom stereocenters. The molecule has 2 aromatic carbocycles. The minimum absolute atomic E-state index is 0.0704. The molecular weight excluding hydrogens is 266 g/mol. The van der Waals surface area contributed by atoms with Crippen molar-refractivity contribution in [1.29, 1.82) is 0 Å². The average Bonchev–Trinajstić information content (AvgIpc) is 2.46. The van der Waals surface area contributed by atoms with Crippen molar-refractivity contribution in [3.05, 3.63) is 59.7 Å². The van der Waals surface area contributed by atoms with Crippen molar-refractivity contribution < 1.29 is 23.0 Å². The number of carbonyl (C=O) groups is 1. The minimum Gasteiger partial charge on any atom is -0.494 e. The third kappa shape index (κ3) is 3.32. The van der Waals surface area contributed by atoms with Gasteiger partial charge in [0.2, 0.25) is 0 Å². The number of ketones is 1. The molecule has 3 nitrogen and oxygen atoms in total. The molecule has 0 atom stereocenters. The Balaban J connectivity index is 2.01. The Morgan fingerprint density at radius 1 is 1.10 bits per heavy atom. The van der Waals surface area contributed by atoms with E-state index in [2.05, 4.69) is 0 Å². The maximum Gasteiger partial charge on any atom is 0.200 e. The van der Waals surface area contributed by atoms with Gasteiger partial charge in [-0.15, -0.1) is 0 Å². The van der Waals surface area contributed by atoms with Crippen molar-refractivity contribution in [3.63, 3.8) is 0 Å². The van der Waals surface area contributed by atoms with E-state index in [0.717, 1.165) is 6.07 Å². The van der Waals surface area contributed by atoms with Crippen molar-refractivity contribution in [2.45, 2.75) is 0 Å². The summed E-state index contributed by atoms with van der Waals surface area (Å²) in [6.45, 7) is -0.253. The van der Waals surface area contributed by atoms with Crippen molar-refractivity contribution in [2.24, 2.45) is 0 Å². The highest BCUT2D eigenvalue weighted by Gasteiger charge is 2.11. The third-order valence-corrected chi connectivity index (χ3v) is 2.66. The van der Waals surface area contributed by atoms with Gasteiger partial charge in [0.15, 0.2) is 24.0 Å². The topological polar surface area (TPSA) is 35.5 Å². The van der Waals surface area contributed by atoms with Crippen LogP contribution >= 0.6 is 0 Å². The highest BCUT2D eigenvalue weighted by Crippen LogP contribution is 2.18. The van der Waals surface area contributed by atoms with Gasteiger partial charge in [0.1, 0.15) is 11.6 Å². The van der Waals surface area contributed by atoms with Gasteiger partial charge in [-0.1, -0.05) is 0 Å². The lowest BCUT2D eigenvalue weighted by molar-refractivity contribution is 0.0921. The summed E-state index contributed by atoms with van der Waals surface area (Å²) >= 11 is 0. The van der Waals surface area contributed by atoms with E-state index in [1.54, 1.807) is 0 Å². The van der Waals surface area contributed by atoms with Crippen LogP contribution in [0, 0.1) is 11.6 Å². The van der Waals surface area contributed by atoms with Gasteiger partial charge in [0.05, 0.1) is 7.11 Å². The highest BCUT2D eigenvalue weighted by atomic mass is 19.1. The Morgan fingerprint density at radius 2 is 1.80 bits per heavy atom. The summed E-state index contributed by atoms with van der Waals surface area (Å²) in [6, 6.07) is 9.21. The highest BCUT2D eigenvalue weighted by molar-refractivity contribution is 5.97. The van der Waals surface area contributed by atoms with E-state index >= 15 is 0 Å². The van der Waals surface area contributed by atoms with Crippen molar-refractivity contribution in [2.75, 3.05) is 13.7 Å². The van der Waals surface area contributed by atoms with Crippen LogP contribution in [0.1, 0.15) is 10.4 Å². The van der Waals surface area contributed by atoms with Crippen LogP contribution in [0.15, 0.2) is 42.5 Å². The van der Waals surface area contributed by atoms with Crippen molar-refractivity contribution >= 4 is 5.78 Å². The van der Waals surface area contributed by atoms with E-state index < -0.39 is 5.82 Å². The number of carbonyl (C=O) groups excluding carboxylic acids is 1. The van der Waals surface area contributed by atoms with Gasteiger partial charge < -0.3 is 9.47 Å². The van der Waals surface area contributed by atoms with E-state index in [0.29, 0.717) is 5.75 Å². The SMILES string of the molecule is COc1ccc(C(=O)COc2ccc(F)cc2)cc1F. The predicted octanol–water partition coefficient (Wildman–Crippen LogP) is 3.24. The molecule has 0 bridgehead atoms. The van der Waals surface area contributed by atoms with Crippen LogP contribution in [0.4, 0.5) is 8.78 Å². The average molecular weight is 278 g/mol. The summed E-state index contributed by atoms with van der Waals surface area (Å²) in [6.07, 6.45) is 0. The number of Topliss-reactive ketones (excluding diaryl/α,β-unsaturated/α-hetero) is 1. The number of ether oxygens (including phenoxy) is 2. The molecule has 0 aliphatic heterocycles. The Hall–Kier alpha value is -2.43. The van der Waals surface area contributed by atoms with E-state index in [4.69, 9.17) is 9.47 Å². The number of hydrogen-bond acceptors (Lipinski definition) is 3. The fourth-order valence-corrected chi connectivity index (χ4v) is 1.60. The van der Waals surface area contributed by atoms with Gasteiger partial charge >= 0.3 is 0 Å². The second kappa shape index (κ2) is 6.14. The van der Waals surface area contributed by atoms with Gasteiger partial charge in [-0.05, 0) is 42.5 Å². The fraction of sp³-hybridized carbons (Fsp3) is 0.133. The summed E-state index contributed by atoms with van der Waals surface area (Å²) in [5, 5.41) is 0. The summed E-state index contributed by atoms with van der Waals surface area (Å²) in [5.41, 5.74) is 0.186. The third-order valence-electron chi connectivity index (χ3n) is 2.66. The maximum absolute atomic E-state index is 13.5. The quantitative estimate of drug-likeness (QED) is 0.788. The Labute approximate surface area is 114 Å². The first-order valence-electron chi connectivity index (χ1n) is 5.85. The molecule has 2 rings (SSSR count). The second-order valence-corrected chi connectivity index (χ2v) is 4.02. The number of hydrogen-bond donors (Lipinski definition) is 0. The van der Waals surface area contributed by atoms with Gasteiger partial charge in [0.25, 0.3) is 0 Å². The van der Waals surface area contributed by atoms with Crippen LogP contribution < -0.4 is 9.47 Å². The van der Waals surface area contributed by atoms with Crippen molar-refractivity contribution in [3.8, 4) is 11.5 Å². The van der Waals surface area contributed by atoms with E-state index in [9.17, 15) is 13.6 Å². The van der Waals surface area contributed by atoms with Crippen LogP contribution in [-0.4, -0.2) is 19.5 Å². The zero-order chi connectivity index (χ0) is 14.5. The number of methoxy groups -OCH3 is 1. The minimum atomic E-state index is -0.611. The Kier molecular flexibility index (Phi) is 4.30. The molecule has 0 saturated carbocycles. The fourth-order valence-electron chi connectivity index (χ4n) is 1.60. The lowest BCUT2D eigenvalue weighted by Crippen LogP contribution is -2.12. The van der Waals surface area contributed by atoms with Crippen LogP contribution in [0.25, 0.3) is 0 Å². The lowest BCUT2D eigenvalue weighted by Gasteiger charge is -2.07. The number of halogens is 2. The first kappa shape index (κ1) is 14.0. The lowest BCUT2D eigenvalue weighted by atomic mass is 10.1. The summed E-state index contributed by atoms with van der Waals surface area (Å²) in [4.78, 5) is 11.8. The van der Waals surface area contributed by atoms with Gasteiger partial charge in [-0.3, -0.25) is 4.79 Å². The largest absolute Gasteiger partial charge is 0.494 e. The van der Waals surface area contributed by atoms with E-state index in [1.807, 2.05) is 0 Å². The normalized spacial score (nSPS) is 10.2. The van der Waals surface area contributed by atoms with E-state index in [-0.39, 0.29) is 29.5 Å². The predicted molar refractivity (Wildman–Crippen MR) is 69.2 cm³/mol.